The molecule has 0 amide bonds. The molecule has 16 aromatic carbocycles. The molecule has 4 heterocycles. The van der Waals surface area contributed by atoms with Crippen LogP contribution in [0.15, 0.2) is 400 Å². The molecule has 22 rings (SSSR count). The van der Waals surface area contributed by atoms with Gasteiger partial charge in [0.25, 0.3) is 0 Å². The average molecular weight is 1430 g/mol. The number of aromatic nitrogens is 4. The molecule has 0 atom stereocenters. The minimum Gasteiger partial charge on any atom is -0.456 e. The van der Waals surface area contributed by atoms with E-state index >= 15 is 0 Å². The summed E-state index contributed by atoms with van der Waals surface area (Å²) in [4.78, 5) is 21.6. The Hall–Kier alpha value is -14.7. The SMILES string of the molecule is c1ccc(-c2cc(-c3ccccc3-c3ccc(-c4cccc5c4Oc4ccccc4C54c5ccccc5-c5ccccc54)cc3)nc(-c3ccccc3-c3ccc(-c4cc(-c5ccc(-c6ccccc6-c6cccc7c6Oc6ccccc6C76c7ccccc7-c7ccccc76)cc5)nc(-c5ccccc5)n4)cc3)n2)cc1. The van der Waals surface area contributed by atoms with E-state index in [1.54, 1.807) is 0 Å². The van der Waals surface area contributed by atoms with Gasteiger partial charge in [0.1, 0.15) is 23.0 Å². The number of hydrogen-bond acceptors (Lipinski definition) is 6. The third kappa shape index (κ3) is 10.1. The Bertz CT molecular complexity index is 6720. The van der Waals surface area contributed by atoms with Crippen LogP contribution in [0, 0.1) is 0 Å². The molecule has 0 fully saturated rings. The highest BCUT2D eigenvalue weighted by molar-refractivity contribution is 5.96. The molecule has 0 saturated heterocycles. The maximum Gasteiger partial charge on any atom is 0.161 e. The highest BCUT2D eigenvalue weighted by atomic mass is 16.5. The van der Waals surface area contributed by atoms with Crippen molar-refractivity contribution in [1.82, 2.24) is 19.9 Å². The van der Waals surface area contributed by atoms with Crippen molar-refractivity contribution in [1.29, 1.82) is 0 Å². The van der Waals surface area contributed by atoms with E-state index in [9.17, 15) is 0 Å². The molecule has 522 valence electrons. The molecule has 2 spiro atoms. The van der Waals surface area contributed by atoms with Crippen molar-refractivity contribution in [3.8, 4) is 169 Å². The summed E-state index contributed by atoms with van der Waals surface area (Å²) in [5.41, 5.74) is 33.1. The summed E-state index contributed by atoms with van der Waals surface area (Å²) in [5.74, 6) is 4.74. The zero-order chi connectivity index (χ0) is 73.9. The first-order valence-corrected chi connectivity index (χ1v) is 38.2. The molecule has 0 saturated carbocycles. The summed E-state index contributed by atoms with van der Waals surface area (Å²) in [7, 11) is 0. The van der Waals surface area contributed by atoms with E-state index < -0.39 is 10.8 Å². The molecule has 112 heavy (non-hydrogen) atoms. The largest absolute Gasteiger partial charge is 0.456 e. The Morgan fingerprint density at radius 3 is 0.902 bits per heavy atom. The predicted molar refractivity (Wildman–Crippen MR) is 452 cm³/mol. The van der Waals surface area contributed by atoms with Crippen LogP contribution in [-0.2, 0) is 10.8 Å². The van der Waals surface area contributed by atoms with Gasteiger partial charge in [0.2, 0.25) is 0 Å². The van der Waals surface area contributed by atoms with Crippen LogP contribution in [0.1, 0.15) is 44.5 Å². The van der Waals surface area contributed by atoms with Crippen LogP contribution in [0.2, 0.25) is 0 Å². The summed E-state index contributed by atoms with van der Waals surface area (Å²) in [6, 6.07) is 143. The van der Waals surface area contributed by atoms with E-state index in [1.807, 2.05) is 24.3 Å². The number of rotatable bonds is 11. The molecule has 0 unspecified atom stereocenters. The Labute approximate surface area is 649 Å². The number of para-hydroxylation sites is 4. The van der Waals surface area contributed by atoms with Gasteiger partial charge in [-0.3, -0.25) is 0 Å². The third-order valence-electron chi connectivity index (χ3n) is 23.4. The van der Waals surface area contributed by atoms with Gasteiger partial charge in [0.05, 0.1) is 33.6 Å². The molecule has 0 radical (unpaired) electrons. The maximum atomic E-state index is 7.17. The fraction of sp³-hybridized carbons (Fsp3) is 0.0189. The molecule has 2 aliphatic carbocycles. The van der Waals surface area contributed by atoms with E-state index in [0.717, 1.165) is 157 Å². The lowest BCUT2D eigenvalue weighted by atomic mass is 9.65. The number of ether oxygens (including phenoxy) is 2. The second-order valence-corrected chi connectivity index (χ2v) is 29.3. The lowest BCUT2D eigenvalue weighted by Gasteiger charge is -2.40. The molecular formula is C106H66N4O2. The standard InChI is InChI=1S/C106H66N4O2/c1-3-27-71(28-4-1)97-66-98(84-39-11-8-32-76(84)68-53-55-70(56-54-68)78-41-25-49-93-101(78)111-99-51-23-21-47-91(99)105(93)87-43-17-13-35-80(87)81-36-14-18-44-88(81)105)110-104(109-97)86-40-12-9-33-77(86)69-59-63-73(64-60-69)96-65-95(107-103(108-96)74-29-5-2-6-30-74)72-61-57-67(58-62-72)75-31-7-10-34-79(75)85-42-26-50-94-102(85)112-100-52-24-22-48-92(100)106(94)89-45-19-15-37-82(89)83-38-16-20-46-90(83)106/h1-66H. The van der Waals surface area contributed by atoms with Gasteiger partial charge in [-0.2, -0.15) is 0 Å². The summed E-state index contributed by atoms with van der Waals surface area (Å²) in [5, 5.41) is 0. The molecular weight excluding hydrogens is 1360 g/mol. The van der Waals surface area contributed by atoms with Crippen LogP contribution in [0.4, 0.5) is 0 Å². The fourth-order valence-corrected chi connectivity index (χ4v) is 18.4. The van der Waals surface area contributed by atoms with Crippen molar-refractivity contribution in [2.45, 2.75) is 10.8 Å². The molecule has 0 bridgehead atoms. The van der Waals surface area contributed by atoms with Crippen LogP contribution >= 0.6 is 0 Å². The number of hydrogen-bond donors (Lipinski definition) is 0. The fourth-order valence-electron chi connectivity index (χ4n) is 18.4. The highest BCUT2D eigenvalue weighted by Crippen LogP contribution is 2.65. The molecule has 2 aliphatic heterocycles. The maximum absolute atomic E-state index is 7.17. The monoisotopic (exact) mass is 1430 g/mol. The summed E-state index contributed by atoms with van der Waals surface area (Å²) < 4.78 is 14.3. The zero-order valence-corrected chi connectivity index (χ0v) is 60.7. The van der Waals surface area contributed by atoms with Gasteiger partial charge < -0.3 is 9.47 Å². The Balaban J connectivity index is 0.588. The third-order valence-corrected chi connectivity index (χ3v) is 23.4. The van der Waals surface area contributed by atoms with Crippen molar-refractivity contribution in [2.75, 3.05) is 0 Å². The molecule has 4 aliphatic rings. The second kappa shape index (κ2) is 26.0. The normalized spacial score (nSPS) is 13.1. The van der Waals surface area contributed by atoms with Crippen molar-refractivity contribution in [3.05, 3.63) is 445 Å². The molecule has 0 N–H and O–H groups in total. The average Bonchev–Trinajstić information content (AvgIpc) is 1.50. The van der Waals surface area contributed by atoms with Crippen molar-refractivity contribution < 1.29 is 9.47 Å². The van der Waals surface area contributed by atoms with Gasteiger partial charge in [-0.1, -0.05) is 376 Å². The summed E-state index contributed by atoms with van der Waals surface area (Å²) in [6.45, 7) is 0. The Kier molecular flexibility index (Phi) is 15.0. The van der Waals surface area contributed by atoms with Crippen LogP contribution in [0.5, 0.6) is 23.0 Å². The smallest absolute Gasteiger partial charge is 0.161 e. The zero-order valence-electron chi connectivity index (χ0n) is 60.7. The molecule has 6 heteroatoms. The van der Waals surface area contributed by atoms with Crippen LogP contribution in [0.25, 0.3) is 146 Å². The lowest BCUT2D eigenvalue weighted by molar-refractivity contribution is 0.438. The number of fused-ring (bicyclic) bond motifs is 18. The topological polar surface area (TPSA) is 70.0 Å². The number of benzene rings is 16. The quantitative estimate of drug-likeness (QED) is 0.129. The minimum atomic E-state index is -0.571. The van der Waals surface area contributed by atoms with E-state index in [-0.39, 0.29) is 0 Å². The van der Waals surface area contributed by atoms with Crippen LogP contribution < -0.4 is 9.47 Å². The minimum absolute atomic E-state index is 0.556. The first-order valence-electron chi connectivity index (χ1n) is 38.2. The van der Waals surface area contributed by atoms with Gasteiger partial charge in [-0.15, -0.1) is 0 Å². The highest BCUT2D eigenvalue weighted by Gasteiger charge is 2.53. The van der Waals surface area contributed by atoms with E-state index in [1.165, 1.54) is 44.5 Å². The van der Waals surface area contributed by atoms with E-state index in [4.69, 9.17) is 29.4 Å². The molecule has 2 aromatic heterocycles. The molecule has 6 nitrogen and oxygen atoms in total. The van der Waals surface area contributed by atoms with Gasteiger partial charge >= 0.3 is 0 Å². The van der Waals surface area contributed by atoms with Crippen LogP contribution in [0.3, 0.4) is 0 Å². The first kappa shape index (κ1) is 64.5. The lowest BCUT2D eigenvalue weighted by Crippen LogP contribution is -2.32. The molecule has 18 aromatic rings. The number of nitrogens with zero attached hydrogens (tertiary/aromatic N) is 4. The summed E-state index contributed by atoms with van der Waals surface area (Å²) in [6.07, 6.45) is 0. The van der Waals surface area contributed by atoms with Gasteiger partial charge in [0.15, 0.2) is 11.6 Å². The van der Waals surface area contributed by atoms with E-state index in [0.29, 0.717) is 11.6 Å². The van der Waals surface area contributed by atoms with Crippen LogP contribution in [-0.4, -0.2) is 19.9 Å². The second-order valence-electron chi connectivity index (χ2n) is 29.3. The van der Waals surface area contributed by atoms with E-state index in [2.05, 4.69) is 376 Å². The first-order chi connectivity index (χ1) is 55.5. The van der Waals surface area contributed by atoms with Crippen molar-refractivity contribution >= 4 is 0 Å². The van der Waals surface area contributed by atoms with Crippen molar-refractivity contribution in [2.24, 2.45) is 0 Å². The van der Waals surface area contributed by atoms with Gasteiger partial charge in [-0.25, -0.2) is 19.9 Å². The summed E-state index contributed by atoms with van der Waals surface area (Å²) >= 11 is 0. The predicted octanol–water partition coefficient (Wildman–Crippen LogP) is 26.5. The van der Waals surface area contributed by atoms with Crippen molar-refractivity contribution in [3.63, 3.8) is 0 Å². The Morgan fingerprint density at radius 2 is 0.438 bits per heavy atom. The van der Waals surface area contributed by atoms with Gasteiger partial charge in [0, 0.05) is 66.8 Å². The van der Waals surface area contributed by atoms with Gasteiger partial charge in [-0.05, 0) is 113 Å². The Morgan fingerprint density at radius 1 is 0.161 bits per heavy atom.